The summed E-state index contributed by atoms with van der Waals surface area (Å²) < 4.78 is 25.9. The number of halogens is 1. The Morgan fingerprint density at radius 3 is 1.09 bits per heavy atom. The molecule has 1 heterocycles. The molecule has 4 rings (SSSR count). The molecule has 0 bridgehead atoms. The maximum absolute atomic E-state index is 12.3. The Balaban J connectivity index is 2.04. The minimum absolute atomic E-state index is 0.328. The molecule has 1 aliphatic rings. The lowest BCUT2D eigenvalue weighted by Gasteiger charge is -2.32. The monoisotopic (exact) mass is 822 g/mol. The summed E-state index contributed by atoms with van der Waals surface area (Å²) in [4.78, 5) is 24.6. The van der Waals surface area contributed by atoms with E-state index >= 15 is 0 Å². The van der Waals surface area contributed by atoms with E-state index in [4.69, 9.17) is 18.8 Å². The van der Waals surface area contributed by atoms with Crippen LogP contribution in [-0.2, 0) is 40.6 Å². The van der Waals surface area contributed by atoms with Crippen LogP contribution in [0.3, 0.4) is 0 Å². The number of hydrogen-bond donors (Lipinski definition) is 0. The van der Waals surface area contributed by atoms with Gasteiger partial charge in [-0.15, -0.1) is 0 Å². The van der Waals surface area contributed by atoms with Crippen LogP contribution in [0, 0.1) is 23.7 Å². The van der Waals surface area contributed by atoms with E-state index in [1.54, 1.807) is 0 Å². The first-order valence-corrected chi connectivity index (χ1v) is 20.1. The Bertz CT molecular complexity index is 1960. The first kappa shape index (κ1) is 44.9. The molecule has 8 heteroatoms. The van der Waals surface area contributed by atoms with Gasteiger partial charge in [0.2, 0.25) is 0 Å². The zero-order valence-corrected chi connectivity index (χ0v) is 38.5. The summed E-state index contributed by atoms with van der Waals surface area (Å²) in [5.74, 6) is 14.3. The van der Waals surface area contributed by atoms with Gasteiger partial charge in [-0.1, -0.05) is 123 Å². The van der Waals surface area contributed by atoms with Gasteiger partial charge in [0.15, 0.2) is 0 Å². The van der Waals surface area contributed by atoms with Gasteiger partial charge in [0.1, 0.15) is 11.5 Å². The molecule has 0 atom stereocenters. The molecule has 3 aromatic rings. The summed E-state index contributed by atoms with van der Waals surface area (Å²) in [7, 11) is -0.745. The summed E-state index contributed by atoms with van der Waals surface area (Å²) in [6, 6.07) is 12.0. The van der Waals surface area contributed by atoms with Crippen molar-refractivity contribution in [2.45, 2.75) is 157 Å². The summed E-state index contributed by atoms with van der Waals surface area (Å²) in [5.41, 5.74) is 4.82. The minimum Gasteiger partial charge on any atom is -0.426 e. The van der Waals surface area contributed by atoms with Gasteiger partial charge in [0.05, 0.1) is 11.2 Å². The summed E-state index contributed by atoms with van der Waals surface area (Å²) in [5, 5.41) is 0. The standard InChI is InChI=1S/C48H60BBrO6/c1-29(51)53-41-36(43(3,4)5)23-31(24-37(41)44(6,7)8)19-21-33-27-35(50)28-34(40(33)49-55-47(15,16)48(17,18)56-49)22-20-32-25-38(45(9,10)11)42(54-30(2)52)39(26-32)46(12,13)14/h23-28H,1-18H3. The molecule has 298 valence electrons. The van der Waals surface area contributed by atoms with Gasteiger partial charge < -0.3 is 18.8 Å². The van der Waals surface area contributed by atoms with Crippen LogP contribution in [0.1, 0.15) is 169 Å². The lowest BCUT2D eigenvalue weighted by Crippen LogP contribution is -2.41. The van der Waals surface area contributed by atoms with Gasteiger partial charge in [0.25, 0.3) is 0 Å². The van der Waals surface area contributed by atoms with Crippen molar-refractivity contribution in [3.63, 3.8) is 0 Å². The lowest BCUT2D eigenvalue weighted by atomic mass is 9.73. The van der Waals surface area contributed by atoms with E-state index in [9.17, 15) is 9.59 Å². The number of carbonyl (C=O) groups is 2. The number of hydrogen-bond acceptors (Lipinski definition) is 6. The predicted molar refractivity (Wildman–Crippen MR) is 232 cm³/mol. The number of esters is 2. The van der Waals surface area contributed by atoms with Crippen LogP contribution < -0.4 is 14.9 Å². The normalized spacial score (nSPS) is 15.4. The average Bonchev–Trinajstić information content (AvgIpc) is 3.22. The zero-order valence-electron chi connectivity index (χ0n) is 36.9. The van der Waals surface area contributed by atoms with Crippen molar-refractivity contribution in [3.8, 4) is 35.2 Å². The van der Waals surface area contributed by atoms with Crippen molar-refractivity contribution in [2.75, 3.05) is 0 Å². The summed E-state index contributed by atoms with van der Waals surface area (Å²) in [6.07, 6.45) is 0. The van der Waals surface area contributed by atoms with Crippen LogP contribution in [0.5, 0.6) is 11.5 Å². The molecule has 1 saturated heterocycles. The second kappa shape index (κ2) is 15.5. The Morgan fingerprint density at radius 1 is 0.554 bits per heavy atom. The number of carbonyl (C=O) groups excluding carboxylic acids is 2. The lowest BCUT2D eigenvalue weighted by molar-refractivity contribution is -0.133. The van der Waals surface area contributed by atoms with Gasteiger partial charge in [-0.25, -0.2) is 0 Å². The maximum Gasteiger partial charge on any atom is 0.497 e. The Morgan fingerprint density at radius 2 is 0.839 bits per heavy atom. The molecule has 0 radical (unpaired) electrons. The molecule has 1 fully saturated rings. The highest BCUT2D eigenvalue weighted by Crippen LogP contribution is 2.43. The van der Waals surface area contributed by atoms with E-state index in [2.05, 4.69) is 123 Å². The maximum atomic E-state index is 12.3. The van der Waals surface area contributed by atoms with Crippen molar-refractivity contribution in [1.29, 1.82) is 0 Å². The number of rotatable bonds is 3. The van der Waals surface area contributed by atoms with E-state index < -0.39 is 18.3 Å². The van der Waals surface area contributed by atoms with Gasteiger partial charge in [-0.2, -0.15) is 0 Å². The average molecular weight is 824 g/mol. The fourth-order valence-electron chi connectivity index (χ4n) is 6.46. The fourth-order valence-corrected chi connectivity index (χ4v) is 6.91. The summed E-state index contributed by atoms with van der Waals surface area (Å²) in [6.45, 7) is 36.2. The topological polar surface area (TPSA) is 71.1 Å². The minimum atomic E-state index is -0.745. The zero-order chi connectivity index (χ0) is 42.6. The SMILES string of the molecule is CC(=O)Oc1c(C(C)(C)C)cc(C#Cc2cc(Br)cc(C#Cc3cc(C(C)(C)C)c(OC(C)=O)c(C(C)(C)C)c3)c2B2OC(C)(C)C(C)(C)O2)cc1C(C)(C)C. The third-order valence-corrected chi connectivity index (χ3v) is 10.7. The van der Waals surface area contributed by atoms with Crippen molar-refractivity contribution in [1.82, 2.24) is 0 Å². The van der Waals surface area contributed by atoms with E-state index in [0.717, 1.165) is 43.3 Å². The molecular weight excluding hydrogens is 763 g/mol. The van der Waals surface area contributed by atoms with Crippen molar-refractivity contribution >= 4 is 40.4 Å². The van der Waals surface area contributed by atoms with Crippen molar-refractivity contribution in [3.05, 3.63) is 85.4 Å². The van der Waals surface area contributed by atoms with Crippen LogP contribution >= 0.6 is 15.9 Å². The Labute approximate surface area is 345 Å². The molecule has 0 aliphatic carbocycles. The first-order valence-electron chi connectivity index (χ1n) is 19.3. The Kier molecular flexibility index (Phi) is 12.4. The molecular formula is C48H60BBrO6. The van der Waals surface area contributed by atoms with E-state index in [0.29, 0.717) is 22.6 Å². The van der Waals surface area contributed by atoms with E-state index in [-0.39, 0.29) is 33.6 Å². The molecule has 0 N–H and O–H groups in total. The highest BCUT2D eigenvalue weighted by atomic mass is 79.9. The van der Waals surface area contributed by atoms with Crippen LogP contribution in [0.25, 0.3) is 0 Å². The van der Waals surface area contributed by atoms with Crippen molar-refractivity contribution in [2.24, 2.45) is 0 Å². The second-order valence-electron chi connectivity index (χ2n) is 20.0. The number of ether oxygens (including phenoxy) is 2. The van der Waals surface area contributed by atoms with Crippen LogP contribution in [0.4, 0.5) is 0 Å². The smallest absolute Gasteiger partial charge is 0.426 e. The molecule has 0 aromatic heterocycles. The Hall–Kier alpha value is -3.82. The third kappa shape index (κ3) is 10.2. The highest BCUT2D eigenvalue weighted by molar-refractivity contribution is 9.10. The largest absolute Gasteiger partial charge is 0.497 e. The molecule has 1 aliphatic heterocycles. The molecule has 0 unspecified atom stereocenters. The van der Waals surface area contributed by atoms with Crippen LogP contribution in [0.2, 0.25) is 0 Å². The van der Waals surface area contributed by atoms with Crippen LogP contribution in [-0.4, -0.2) is 30.3 Å². The molecule has 3 aromatic carbocycles. The van der Waals surface area contributed by atoms with Gasteiger partial charge in [0, 0.05) is 68.3 Å². The predicted octanol–water partition coefficient (Wildman–Crippen LogP) is 10.6. The highest BCUT2D eigenvalue weighted by Gasteiger charge is 2.53. The molecule has 0 spiro atoms. The molecule has 6 nitrogen and oxygen atoms in total. The van der Waals surface area contributed by atoms with Gasteiger partial charge in [-0.3, -0.25) is 9.59 Å². The van der Waals surface area contributed by atoms with Crippen molar-refractivity contribution < 1.29 is 28.4 Å². The third-order valence-electron chi connectivity index (χ3n) is 10.2. The quantitative estimate of drug-likeness (QED) is 0.113. The van der Waals surface area contributed by atoms with Crippen LogP contribution in [0.15, 0.2) is 40.9 Å². The van der Waals surface area contributed by atoms with Gasteiger partial charge in [-0.05, 0) is 85.8 Å². The molecule has 0 saturated carbocycles. The summed E-state index contributed by atoms with van der Waals surface area (Å²) >= 11 is 3.75. The van der Waals surface area contributed by atoms with E-state index in [1.165, 1.54) is 13.8 Å². The van der Waals surface area contributed by atoms with E-state index in [1.807, 2.05) is 64.1 Å². The number of benzene rings is 3. The first-order chi connectivity index (χ1) is 25.3. The molecule has 0 amide bonds. The van der Waals surface area contributed by atoms with Gasteiger partial charge >= 0.3 is 19.1 Å². The fraction of sp³-hybridized carbons (Fsp3) is 0.500. The second-order valence-corrected chi connectivity index (χ2v) is 20.9. The molecule has 56 heavy (non-hydrogen) atoms.